The molecule has 0 radical (unpaired) electrons. The number of hydrogen-bond donors (Lipinski definition) is 2. The van der Waals surface area contributed by atoms with E-state index in [2.05, 4.69) is 15.3 Å². The van der Waals surface area contributed by atoms with Gasteiger partial charge in [0.05, 0.1) is 23.2 Å². The van der Waals surface area contributed by atoms with Crippen LogP contribution in [0, 0.1) is 0 Å². The van der Waals surface area contributed by atoms with Crippen molar-refractivity contribution in [2.24, 2.45) is 0 Å². The van der Waals surface area contributed by atoms with Crippen LogP contribution in [0.4, 0.5) is 0 Å². The second kappa shape index (κ2) is 5.32. The van der Waals surface area contributed by atoms with Crippen LogP contribution in [-0.4, -0.2) is 33.1 Å². The topological polar surface area (TPSA) is 75.1 Å². The number of carbonyl (C=O) groups is 1. The minimum Gasteiger partial charge on any atom is -0.394 e. The maximum atomic E-state index is 12.2. The van der Waals surface area contributed by atoms with E-state index in [4.69, 9.17) is 0 Å². The zero-order chi connectivity index (χ0) is 13.9. The van der Waals surface area contributed by atoms with Gasteiger partial charge >= 0.3 is 0 Å². The van der Waals surface area contributed by atoms with Crippen LogP contribution in [0.1, 0.15) is 30.6 Å². The summed E-state index contributed by atoms with van der Waals surface area (Å²) in [5.74, 6) is -0.217. The van der Waals surface area contributed by atoms with E-state index in [1.54, 1.807) is 30.6 Å². The molecule has 0 spiro atoms. The fourth-order valence-corrected chi connectivity index (χ4v) is 1.69. The van der Waals surface area contributed by atoms with Gasteiger partial charge in [-0.15, -0.1) is 0 Å². The summed E-state index contributed by atoms with van der Waals surface area (Å²) in [5.41, 5.74) is 1.34. The highest BCUT2D eigenvalue weighted by Gasteiger charge is 2.23. The van der Waals surface area contributed by atoms with Crippen molar-refractivity contribution < 1.29 is 9.90 Å². The molecular weight excluding hydrogens is 242 g/mol. The molecule has 2 N–H and O–H groups in total. The van der Waals surface area contributed by atoms with Crippen molar-refractivity contribution in [3.05, 3.63) is 36.2 Å². The van der Waals surface area contributed by atoms with Gasteiger partial charge in [0.2, 0.25) is 0 Å². The molecule has 1 aromatic carbocycles. The highest BCUT2D eigenvalue weighted by molar-refractivity contribution is 5.97. The maximum Gasteiger partial charge on any atom is 0.251 e. The monoisotopic (exact) mass is 259 g/mol. The van der Waals surface area contributed by atoms with Crippen molar-refractivity contribution in [2.45, 2.75) is 25.8 Å². The number of carbonyl (C=O) groups excluding carboxylic acids is 1. The number of aromatic nitrogens is 2. The first kappa shape index (κ1) is 13.4. The molecule has 5 nitrogen and oxygen atoms in total. The zero-order valence-corrected chi connectivity index (χ0v) is 11.1. The molecule has 1 aromatic heterocycles. The van der Waals surface area contributed by atoms with Gasteiger partial charge in [0.15, 0.2) is 0 Å². The number of nitrogens with one attached hydrogen (secondary N) is 1. The van der Waals surface area contributed by atoms with Crippen LogP contribution >= 0.6 is 0 Å². The smallest absolute Gasteiger partial charge is 0.251 e. The highest BCUT2D eigenvalue weighted by Crippen LogP contribution is 2.13. The van der Waals surface area contributed by atoms with Crippen LogP contribution in [0.25, 0.3) is 11.0 Å². The molecule has 0 saturated heterocycles. The summed E-state index contributed by atoms with van der Waals surface area (Å²) in [7, 11) is 0. The summed E-state index contributed by atoms with van der Waals surface area (Å²) >= 11 is 0. The van der Waals surface area contributed by atoms with E-state index in [1.807, 2.05) is 13.8 Å². The summed E-state index contributed by atoms with van der Waals surface area (Å²) in [6.45, 7) is 3.64. The molecule has 1 heterocycles. The quantitative estimate of drug-likeness (QED) is 0.873. The van der Waals surface area contributed by atoms with E-state index in [0.717, 1.165) is 5.52 Å². The maximum absolute atomic E-state index is 12.2. The Morgan fingerprint density at radius 2 is 2.00 bits per heavy atom. The van der Waals surface area contributed by atoms with Crippen molar-refractivity contribution in [3.8, 4) is 0 Å². The summed E-state index contributed by atoms with van der Waals surface area (Å²) in [6.07, 6.45) is 3.86. The Labute approximate surface area is 111 Å². The molecule has 19 heavy (non-hydrogen) atoms. The molecule has 0 aliphatic heterocycles. The third kappa shape index (κ3) is 2.88. The molecule has 2 rings (SSSR count). The van der Waals surface area contributed by atoms with Crippen LogP contribution in [-0.2, 0) is 0 Å². The fourth-order valence-electron chi connectivity index (χ4n) is 1.69. The van der Waals surface area contributed by atoms with Gasteiger partial charge in [-0.3, -0.25) is 14.8 Å². The van der Waals surface area contributed by atoms with Crippen molar-refractivity contribution >= 4 is 16.9 Å². The van der Waals surface area contributed by atoms with Gasteiger partial charge in [-0.1, -0.05) is 6.92 Å². The number of aliphatic hydroxyl groups excluding tert-OH is 1. The van der Waals surface area contributed by atoms with E-state index in [9.17, 15) is 9.90 Å². The lowest BCUT2D eigenvalue weighted by Crippen LogP contribution is -2.48. The van der Waals surface area contributed by atoms with E-state index in [0.29, 0.717) is 17.5 Å². The van der Waals surface area contributed by atoms with E-state index < -0.39 is 5.54 Å². The van der Waals surface area contributed by atoms with Crippen LogP contribution < -0.4 is 5.32 Å². The third-order valence-electron chi connectivity index (χ3n) is 3.28. The molecule has 0 aliphatic carbocycles. The van der Waals surface area contributed by atoms with Gasteiger partial charge in [-0.2, -0.15) is 0 Å². The normalized spacial score (nSPS) is 14.1. The molecular formula is C14H17N3O2. The number of aliphatic hydroxyl groups is 1. The molecule has 1 amide bonds. The van der Waals surface area contributed by atoms with Gasteiger partial charge in [0.25, 0.3) is 5.91 Å². The average molecular weight is 259 g/mol. The van der Waals surface area contributed by atoms with Gasteiger partial charge < -0.3 is 10.4 Å². The van der Waals surface area contributed by atoms with Crippen molar-refractivity contribution in [1.29, 1.82) is 0 Å². The van der Waals surface area contributed by atoms with Crippen LogP contribution in [0.3, 0.4) is 0 Å². The molecule has 0 saturated carbocycles. The Morgan fingerprint density at radius 1 is 1.32 bits per heavy atom. The number of rotatable bonds is 4. The molecule has 2 aromatic rings. The summed E-state index contributed by atoms with van der Waals surface area (Å²) in [5, 5.41) is 12.2. The number of benzene rings is 1. The van der Waals surface area contributed by atoms with E-state index >= 15 is 0 Å². The lowest BCUT2D eigenvalue weighted by Gasteiger charge is -2.27. The number of hydrogen-bond acceptors (Lipinski definition) is 4. The van der Waals surface area contributed by atoms with E-state index in [1.165, 1.54) is 0 Å². The SMILES string of the molecule is CCC(C)(CO)NC(=O)c1ccc2nccnc2c1. The Balaban J connectivity index is 2.26. The highest BCUT2D eigenvalue weighted by atomic mass is 16.3. The van der Waals surface area contributed by atoms with Crippen molar-refractivity contribution in [2.75, 3.05) is 6.61 Å². The number of amides is 1. The Kier molecular flexibility index (Phi) is 3.76. The van der Waals surface area contributed by atoms with Gasteiger partial charge in [-0.05, 0) is 31.5 Å². The molecule has 100 valence electrons. The number of fused-ring (bicyclic) bond motifs is 1. The Bertz CT molecular complexity index is 594. The zero-order valence-electron chi connectivity index (χ0n) is 11.1. The lowest BCUT2D eigenvalue weighted by atomic mass is 9.99. The van der Waals surface area contributed by atoms with Gasteiger partial charge in [0, 0.05) is 18.0 Å². The minimum atomic E-state index is -0.603. The Hall–Kier alpha value is -2.01. The molecule has 0 bridgehead atoms. The van der Waals surface area contributed by atoms with Crippen LogP contribution in [0.2, 0.25) is 0 Å². The number of nitrogens with zero attached hydrogens (tertiary/aromatic N) is 2. The van der Waals surface area contributed by atoms with Gasteiger partial charge in [-0.25, -0.2) is 0 Å². The standard InChI is InChI=1S/C14H17N3O2/c1-3-14(2,9-18)17-13(19)10-4-5-11-12(8-10)16-7-6-15-11/h4-8,18H,3,9H2,1-2H3,(H,17,19). The summed E-state index contributed by atoms with van der Waals surface area (Å²) in [6, 6.07) is 5.17. The molecule has 0 fully saturated rings. The first-order valence-corrected chi connectivity index (χ1v) is 6.22. The Morgan fingerprint density at radius 3 is 2.63 bits per heavy atom. The van der Waals surface area contributed by atoms with Crippen molar-refractivity contribution in [3.63, 3.8) is 0 Å². The molecule has 1 unspecified atom stereocenters. The fraction of sp³-hybridized carbons (Fsp3) is 0.357. The lowest BCUT2D eigenvalue weighted by molar-refractivity contribution is 0.0847. The summed E-state index contributed by atoms with van der Waals surface area (Å²) in [4.78, 5) is 20.5. The molecule has 1 atom stereocenters. The van der Waals surface area contributed by atoms with E-state index in [-0.39, 0.29) is 12.5 Å². The predicted molar refractivity (Wildman–Crippen MR) is 72.8 cm³/mol. The second-order valence-corrected chi connectivity index (χ2v) is 4.79. The average Bonchev–Trinajstić information content (AvgIpc) is 2.46. The van der Waals surface area contributed by atoms with Crippen LogP contribution in [0.15, 0.2) is 30.6 Å². The first-order chi connectivity index (χ1) is 9.08. The minimum absolute atomic E-state index is 0.0946. The largest absolute Gasteiger partial charge is 0.394 e. The second-order valence-electron chi connectivity index (χ2n) is 4.79. The van der Waals surface area contributed by atoms with Crippen molar-refractivity contribution in [1.82, 2.24) is 15.3 Å². The molecule has 0 aliphatic rings. The summed E-state index contributed by atoms with van der Waals surface area (Å²) < 4.78 is 0. The van der Waals surface area contributed by atoms with Gasteiger partial charge in [0.1, 0.15) is 0 Å². The first-order valence-electron chi connectivity index (χ1n) is 6.22. The third-order valence-corrected chi connectivity index (χ3v) is 3.28. The predicted octanol–water partition coefficient (Wildman–Crippen LogP) is 1.52. The molecule has 5 heteroatoms. The van der Waals surface area contributed by atoms with Crippen LogP contribution in [0.5, 0.6) is 0 Å².